The Balaban J connectivity index is 1.88. The fourth-order valence-corrected chi connectivity index (χ4v) is 3.81. The van der Waals surface area contributed by atoms with Gasteiger partial charge < -0.3 is 9.64 Å². The van der Waals surface area contributed by atoms with Crippen molar-refractivity contribution < 1.29 is 19.1 Å². The van der Waals surface area contributed by atoms with Crippen LogP contribution in [0.5, 0.6) is 0 Å². The van der Waals surface area contributed by atoms with Crippen molar-refractivity contribution in [3.05, 3.63) is 53.2 Å². The number of ether oxygens (including phenoxy) is 1. The number of hydrogen-bond donors (Lipinski definition) is 2. The van der Waals surface area contributed by atoms with E-state index in [1.807, 2.05) is 11.4 Å². The zero-order valence-electron chi connectivity index (χ0n) is 15.7. The van der Waals surface area contributed by atoms with Gasteiger partial charge in [0, 0.05) is 26.6 Å². The Kier molecular flexibility index (Phi) is 8.71. The number of amides is 1. The van der Waals surface area contributed by atoms with Crippen molar-refractivity contribution >= 4 is 22.2 Å². The van der Waals surface area contributed by atoms with E-state index in [2.05, 4.69) is 18.0 Å². The van der Waals surface area contributed by atoms with Crippen molar-refractivity contribution in [1.29, 1.82) is 0 Å². The molecule has 0 saturated heterocycles. The molecule has 0 aliphatic carbocycles. The van der Waals surface area contributed by atoms with E-state index in [1.165, 1.54) is 17.1 Å². The average molecular weight is 395 g/mol. The van der Waals surface area contributed by atoms with Crippen LogP contribution in [0.1, 0.15) is 37.4 Å². The number of nitrogens with zero attached hydrogens (tertiary/aromatic N) is 1. The summed E-state index contributed by atoms with van der Waals surface area (Å²) in [7, 11) is 3.62. The molecule has 1 heterocycles. The number of thiophene rings is 1. The molecule has 148 valence electrons. The predicted octanol–water partition coefficient (Wildman–Crippen LogP) is 4.39. The monoisotopic (exact) mass is 394 g/mol. The van der Waals surface area contributed by atoms with Gasteiger partial charge in [0.2, 0.25) is 5.91 Å². The van der Waals surface area contributed by atoms with Crippen LogP contribution in [0.4, 0.5) is 9.39 Å². The molecule has 0 bridgehead atoms. The minimum absolute atomic E-state index is 0.312. The highest BCUT2D eigenvalue weighted by molar-refractivity contribution is 7.14. The molecule has 27 heavy (non-hydrogen) atoms. The lowest BCUT2D eigenvalue weighted by atomic mass is 9.91. The summed E-state index contributed by atoms with van der Waals surface area (Å²) in [5.74, 6) is -1.10. The van der Waals surface area contributed by atoms with Gasteiger partial charge in [-0.1, -0.05) is 18.6 Å². The number of unbranched alkanes of at least 4 members (excludes halogenated alkanes) is 1. The molecule has 0 radical (unpaired) electrons. The fourth-order valence-electron chi connectivity index (χ4n) is 3.09. The maximum atomic E-state index is 13.1. The van der Waals surface area contributed by atoms with Gasteiger partial charge in [0.15, 0.2) is 0 Å². The maximum Gasteiger partial charge on any atom is 0.246 e. The highest BCUT2D eigenvalue weighted by Gasteiger charge is 2.23. The lowest BCUT2D eigenvalue weighted by Crippen LogP contribution is -2.29. The zero-order valence-corrected chi connectivity index (χ0v) is 16.5. The van der Waals surface area contributed by atoms with E-state index in [0.29, 0.717) is 12.8 Å². The smallest absolute Gasteiger partial charge is 0.246 e. The number of nitrogens with one attached hydrogen (secondary N) is 1. The Morgan fingerprint density at radius 3 is 2.63 bits per heavy atom. The number of carbonyl (C=O) groups excluding carboxylic acids is 1. The van der Waals surface area contributed by atoms with E-state index in [1.54, 1.807) is 36.1 Å². The Labute approximate surface area is 163 Å². The van der Waals surface area contributed by atoms with Gasteiger partial charge in [-0.15, -0.1) is 11.3 Å². The van der Waals surface area contributed by atoms with Crippen LogP contribution in [0.2, 0.25) is 0 Å². The Hall–Kier alpha value is -1.96. The van der Waals surface area contributed by atoms with E-state index >= 15 is 0 Å². The van der Waals surface area contributed by atoms with Crippen molar-refractivity contribution in [3.8, 4) is 0 Å². The molecule has 2 aromatic rings. The molecule has 0 fully saturated rings. The summed E-state index contributed by atoms with van der Waals surface area (Å²) in [6.07, 6.45) is 2.54. The molecule has 0 aliphatic heterocycles. The third-order valence-corrected chi connectivity index (χ3v) is 5.67. The first-order chi connectivity index (χ1) is 13.0. The predicted molar refractivity (Wildman–Crippen MR) is 106 cm³/mol. The van der Waals surface area contributed by atoms with Crippen LogP contribution in [0.3, 0.4) is 0 Å². The third-order valence-electron chi connectivity index (χ3n) is 4.68. The number of halogens is 1. The number of hydroxylamine groups is 1. The minimum atomic E-state index is -0.411. The van der Waals surface area contributed by atoms with Crippen LogP contribution >= 0.6 is 11.3 Å². The molecule has 0 aliphatic rings. The summed E-state index contributed by atoms with van der Waals surface area (Å²) >= 11 is 1.70. The van der Waals surface area contributed by atoms with Crippen molar-refractivity contribution in [3.63, 3.8) is 0 Å². The van der Waals surface area contributed by atoms with Gasteiger partial charge in [-0.2, -0.15) is 0 Å². The van der Waals surface area contributed by atoms with E-state index in [-0.39, 0.29) is 17.8 Å². The molecule has 7 heteroatoms. The van der Waals surface area contributed by atoms with Crippen molar-refractivity contribution in [1.82, 2.24) is 5.48 Å². The molecular formula is C20H27FN2O3S. The number of methoxy groups -OCH3 is 1. The summed E-state index contributed by atoms with van der Waals surface area (Å²) < 4.78 is 18.6. The molecule has 5 nitrogen and oxygen atoms in total. The number of carbonyl (C=O) groups is 1. The largest absolute Gasteiger partial charge is 0.377 e. The lowest BCUT2D eigenvalue weighted by molar-refractivity contribution is -0.135. The van der Waals surface area contributed by atoms with Gasteiger partial charge >= 0.3 is 0 Å². The van der Waals surface area contributed by atoms with Gasteiger partial charge in [0.25, 0.3) is 0 Å². The molecule has 0 unspecified atom stereocenters. The van der Waals surface area contributed by atoms with Crippen LogP contribution in [-0.4, -0.2) is 31.8 Å². The molecule has 1 aromatic heterocycles. The van der Waals surface area contributed by atoms with Crippen molar-refractivity contribution in [2.24, 2.45) is 5.92 Å². The van der Waals surface area contributed by atoms with Crippen LogP contribution < -0.4 is 10.4 Å². The zero-order chi connectivity index (χ0) is 19.6. The number of benzene rings is 1. The van der Waals surface area contributed by atoms with E-state index < -0.39 is 5.91 Å². The SMILES string of the molecule is CO[C@H](C[C@H](CCCCN(C)c1cccs1)C(=O)NO)c1ccc(F)cc1. The number of anilines is 1. The molecular weight excluding hydrogens is 367 g/mol. The highest BCUT2D eigenvalue weighted by Crippen LogP contribution is 2.28. The second kappa shape index (κ2) is 11.0. The molecule has 0 spiro atoms. The fraction of sp³-hybridized carbons (Fsp3) is 0.450. The normalized spacial score (nSPS) is 13.2. The van der Waals surface area contributed by atoms with Crippen LogP contribution in [-0.2, 0) is 9.53 Å². The van der Waals surface area contributed by atoms with Gasteiger partial charge in [-0.3, -0.25) is 10.0 Å². The second-order valence-corrected chi connectivity index (χ2v) is 7.48. The summed E-state index contributed by atoms with van der Waals surface area (Å²) in [5.41, 5.74) is 2.58. The molecule has 2 N–H and O–H groups in total. The summed E-state index contributed by atoms with van der Waals surface area (Å²) in [5, 5.41) is 12.3. The molecule has 2 atom stereocenters. The molecule has 2 rings (SSSR count). The van der Waals surface area contributed by atoms with E-state index in [0.717, 1.165) is 24.9 Å². The first-order valence-electron chi connectivity index (χ1n) is 9.02. The summed E-state index contributed by atoms with van der Waals surface area (Å²) in [6, 6.07) is 10.2. The number of rotatable bonds is 11. The van der Waals surface area contributed by atoms with Gasteiger partial charge in [0.1, 0.15) is 5.82 Å². The molecule has 1 amide bonds. The molecule has 0 saturated carbocycles. The van der Waals surface area contributed by atoms with E-state index in [4.69, 9.17) is 9.94 Å². The first kappa shape index (κ1) is 21.3. The topological polar surface area (TPSA) is 61.8 Å². The standard InChI is InChI=1S/C20H27FN2O3S/c1-23(19-7-5-13-27-19)12-4-3-6-16(20(24)22-25)14-18(26-2)15-8-10-17(21)11-9-15/h5,7-11,13,16,18,25H,3-4,6,12,14H2,1-2H3,(H,22,24)/t16-,18+/m0/s1. The lowest BCUT2D eigenvalue weighted by Gasteiger charge is -2.22. The van der Waals surface area contributed by atoms with E-state index in [9.17, 15) is 9.18 Å². The van der Waals surface area contributed by atoms with Gasteiger partial charge in [0.05, 0.1) is 11.1 Å². The maximum absolute atomic E-state index is 13.1. The Morgan fingerprint density at radius 1 is 1.30 bits per heavy atom. The Bertz CT molecular complexity index is 679. The van der Waals surface area contributed by atoms with Crippen LogP contribution in [0.15, 0.2) is 41.8 Å². The minimum Gasteiger partial charge on any atom is -0.377 e. The van der Waals surface area contributed by atoms with Crippen LogP contribution in [0, 0.1) is 11.7 Å². The van der Waals surface area contributed by atoms with Gasteiger partial charge in [-0.25, -0.2) is 9.87 Å². The first-order valence-corrected chi connectivity index (χ1v) is 9.90. The number of hydrogen-bond acceptors (Lipinski definition) is 5. The third kappa shape index (κ3) is 6.61. The van der Waals surface area contributed by atoms with Crippen molar-refractivity contribution in [2.75, 3.05) is 25.6 Å². The Morgan fingerprint density at radius 2 is 2.04 bits per heavy atom. The van der Waals surface area contributed by atoms with Crippen LogP contribution in [0.25, 0.3) is 0 Å². The van der Waals surface area contributed by atoms with Crippen molar-refractivity contribution in [2.45, 2.75) is 31.8 Å². The molecule has 1 aromatic carbocycles. The average Bonchev–Trinajstić information content (AvgIpc) is 3.22. The quantitative estimate of drug-likeness (QED) is 0.337. The summed E-state index contributed by atoms with van der Waals surface area (Å²) in [4.78, 5) is 14.3. The second-order valence-electron chi connectivity index (χ2n) is 6.55. The highest BCUT2D eigenvalue weighted by atomic mass is 32.1. The van der Waals surface area contributed by atoms with Gasteiger partial charge in [-0.05, 0) is 54.5 Å². The summed E-state index contributed by atoms with van der Waals surface area (Å²) in [6.45, 7) is 0.902.